The molecule has 0 saturated carbocycles. The van der Waals surface area contributed by atoms with Crippen molar-refractivity contribution in [3.8, 4) is 12.3 Å². The second-order valence-corrected chi connectivity index (χ2v) is 6.10. The SMILES string of the molecule is C#CCSC1=NS(=O)(=O)c2cc(Cl)ccc2N1. The van der Waals surface area contributed by atoms with Gasteiger partial charge in [-0.25, -0.2) is 0 Å². The molecule has 1 heterocycles. The number of hydrogen-bond acceptors (Lipinski definition) is 4. The van der Waals surface area contributed by atoms with Gasteiger partial charge in [0.1, 0.15) is 4.90 Å². The van der Waals surface area contributed by atoms with Gasteiger partial charge < -0.3 is 5.32 Å². The van der Waals surface area contributed by atoms with Crippen LogP contribution in [0.3, 0.4) is 0 Å². The number of nitrogens with one attached hydrogen (secondary N) is 1. The van der Waals surface area contributed by atoms with Crippen molar-refractivity contribution in [2.45, 2.75) is 4.90 Å². The lowest BCUT2D eigenvalue weighted by Crippen LogP contribution is -2.19. The number of sulfonamides is 1. The number of hydrogen-bond donors (Lipinski definition) is 1. The minimum Gasteiger partial charge on any atom is -0.333 e. The zero-order chi connectivity index (χ0) is 12.5. The highest BCUT2D eigenvalue weighted by atomic mass is 35.5. The molecular formula is C10H7ClN2O2S2. The average Bonchev–Trinajstić information content (AvgIpc) is 2.27. The van der Waals surface area contributed by atoms with Crippen molar-refractivity contribution >= 4 is 44.2 Å². The van der Waals surface area contributed by atoms with E-state index in [-0.39, 0.29) is 10.1 Å². The van der Waals surface area contributed by atoms with Gasteiger partial charge in [-0.15, -0.1) is 10.8 Å². The Morgan fingerprint density at radius 2 is 2.29 bits per heavy atom. The Bertz CT molecular complexity index is 632. The van der Waals surface area contributed by atoms with E-state index in [1.165, 1.54) is 6.07 Å². The van der Waals surface area contributed by atoms with Crippen LogP contribution in [0.1, 0.15) is 0 Å². The molecule has 4 nitrogen and oxygen atoms in total. The quantitative estimate of drug-likeness (QED) is 0.804. The maximum Gasteiger partial charge on any atom is 0.286 e. The molecular weight excluding hydrogens is 280 g/mol. The number of terminal acetylenes is 1. The van der Waals surface area contributed by atoms with Crippen molar-refractivity contribution in [2.24, 2.45) is 4.40 Å². The van der Waals surface area contributed by atoms with Crippen LogP contribution in [0.5, 0.6) is 0 Å². The molecule has 0 spiro atoms. The summed E-state index contributed by atoms with van der Waals surface area (Å²) in [4.78, 5) is 0.0788. The monoisotopic (exact) mass is 286 g/mol. The number of nitrogens with zero attached hydrogens (tertiary/aromatic N) is 1. The lowest BCUT2D eigenvalue weighted by molar-refractivity contribution is 0.598. The van der Waals surface area contributed by atoms with Crippen LogP contribution in [0, 0.1) is 12.3 Å². The molecule has 7 heteroatoms. The summed E-state index contributed by atoms with van der Waals surface area (Å²) in [7, 11) is -3.69. The Morgan fingerprint density at radius 1 is 1.53 bits per heavy atom. The van der Waals surface area contributed by atoms with Crippen LogP contribution in [0.25, 0.3) is 0 Å². The summed E-state index contributed by atoms with van der Waals surface area (Å²) in [6, 6.07) is 4.57. The Kier molecular flexibility index (Phi) is 3.33. The van der Waals surface area contributed by atoms with Gasteiger partial charge in [-0.05, 0) is 18.2 Å². The third kappa shape index (κ3) is 2.57. The second-order valence-electron chi connectivity index (χ2n) is 3.13. The van der Waals surface area contributed by atoms with Crippen LogP contribution < -0.4 is 5.32 Å². The summed E-state index contributed by atoms with van der Waals surface area (Å²) in [6.07, 6.45) is 5.11. The number of anilines is 1. The smallest absolute Gasteiger partial charge is 0.286 e. The molecule has 0 atom stereocenters. The lowest BCUT2D eigenvalue weighted by atomic mass is 10.3. The Balaban J connectivity index is 2.44. The minimum atomic E-state index is -3.69. The fraction of sp³-hybridized carbons (Fsp3) is 0.100. The van der Waals surface area contributed by atoms with Gasteiger partial charge in [0.05, 0.1) is 11.4 Å². The molecule has 1 aliphatic rings. The van der Waals surface area contributed by atoms with E-state index in [1.54, 1.807) is 12.1 Å². The highest BCUT2D eigenvalue weighted by molar-refractivity contribution is 8.15. The third-order valence-electron chi connectivity index (χ3n) is 1.96. The fourth-order valence-corrected chi connectivity index (χ4v) is 3.46. The molecule has 0 bridgehead atoms. The summed E-state index contributed by atoms with van der Waals surface area (Å²) >= 11 is 6.91. The predicted octanol–water partition coefficient (Wildman–Crippen LogP) is 2.18. The zero-order valence-electron chi connectivity index (χ0n) is 8.47. The second kappa shape index (κ2) is 4.61. The molecule has 1 aromatic carbocycles. The first-order valence-electron chi connectivity index (χ1n) is 4.51. The van der Waals surface area contributed by atoms with E-state index in [0.29, 0.717) is 16.5 Å². The summed E-state index contributed by atoms with van der Waals surface area (Å²) in [5.41, 5.74) is 0.462. The van der Waals surface area contributed by atoms with E-state index in [1.807, 2.05) is 0 Å². The standard InChI is InChI=1S/C10H7ClN2O2S2/c1-2-5-16-10-12-8-4-3-7(11)6-9(8)17(14,15)13-10/h1,3-4,6H,5H2,(H,12,13). The van der Waals surface area contributed by atoms with Gasteiger partial charge >= 0.3 is 0 Å². The van der Waals surface area contributed by atoms with Gasteiger partial charge in [-0.2, -0.15) is 8.42 Å². The predicted molar refractivity (Wildman–Crippen MR) is 71.0 cm³/mol. The Labute approximate surface area is 109 Å². The van der Waals surface area contributed by atoms with Gasteiger partial charge in [-0.3, -0.25) is 0 Å². The fourth-order valence-electron chi connectivity index (χ4n) is 1.28. The topological polar surface area (TPSA) is 58.5 Å². The summed E-state index contributed by atoms with van der Waals surface area (Å²) in [5, 5.41) is 3.52. The molecule has 0 saturated heterocycles. The molecule has 88 valence electrons. The molecule has 0 fully saturated rings. The van der Waals surface area contributed by atoms with E-state index in [4.69, 9.17) is 18.0 Å². The van der Waals surface area contributed by atoms with Gasteiger partial charge in [0.2, 0.25) is 0 Å². The van der Waals surface area contributed by atoms with Crippen LogP contribution in [0.2, 0.25) is 5.02 Å². The largest absolute Gasteiger partial charge is 0.333 e. The number of benzene rings is 1. The van der Waals surface area contributed by atoms with Gasteiger partial charge in [0.15, 0.2) is 5.17 Å². The van der Waals surface area contributed by atoms with Gasteiger partial charge in [0.25, 0.3) is 10.0 Å². The summed E-state index contributed by atoms with van der Waals surface area (Å²) < 4.78 is 27.3. The molecule has 1 aliphatic heterocycles. The van der Waals surface area contributed by atoms with Gasteiger partial charge in [0, 0.05) is 5.02 Å². The van der Waals surface area contributed by atoms with E-state index in [9.17, 15) is 8.42 Å². The first kappa shape index (κ1) is 12.3. The van der Waals surface area contributed by atoms with Crippen LogP contribution in [-0.2, 0) is 10.0 Å². The molecule has 1 aromatic rings. The van der Waals surface area contributed by atoms with Gasteiger partial charge in [-0.1, -0.05) is 29.3 Å². The van der Waals surface area contributed by atoms with E-state index < -0.39 is 10.0 Å². The zero-order valence-corrected chi connectivity index (χ0v) is 10.9. The molecule has 0 aliphatic carbocycles. The first-order chi connectivity index (χ1) is 8.03. The molecule has 0 aromatic heterocycles. The van der Waals surface area contributed by atoms with Crippen molar-refractivity contribution in [3.05, 3.63) is 23.2 Å². The van der Waals surface area contributed by atoms with Crippen LogP contribution in [0.4, 0.5) is 5.69 Å². The highest BCUT2D eigenvalue weighted by Crippen LogP contribution is 2.31. The number of halogens is 1. The van der Waals surface area contributed by atoms with Crippen LogP contribution in [-0.4, -0.2) is 19.3 Å². The summed E-state index contributed by atoms with van der Waals surface area (Å²) in [5.74, 6) is 2.75. The molecule has 0 unspecified atom stereocenters. The Hall–Kier alpha value is -1.16. The lowest BCUT2D eigenvalue weighted by Gasteiger charge is -2.17. The van der Waals surface area contributed by atoms with Crippen molar-refractivity contribution < 1.29 is 8.42 Å². The Morgan fingerprint density at radius 3 is 3.00 bits per heavy atom. The maximum atomic E-state index is 11.8. The highest BCUT2D eigenvalue weighted by Gasteiger charge is 2.25. The number of fused-ring (bicyclic) bond motifs is 1. The molecule has 0 radical (unpaired) electrons. The molecule has 17 heavy (non-hydrogen) atoms. The van der Waals surface area contributed by atoms with Crippen molar-refractivity contribution in [3.63, 3.8) is 0 Å². The third-order valence-corrected chi connectivity index (χ3v) is 4.40. The van der Waals surface area contributed by atoms with Crippen molar-refractivity contribution in [1.29, 1.82) is 0 Å². The average molecular weight is 287 g/mol. The number of rotatable bonds is 1. The number of amidine groups is 1. The van der Waals surface area contributed by atoms with Crippen molar-refractivity contribution in [1.82, 2.24) is 0 Å². The van der Waals surface area contributed by atoms with E-state index in [0.717, 1.165) is 11.8 Å². The maximum absolute atomic E-state index is 11.8. The number of thioether (sulfide) groups is 1. The van der Waals surface area contributed by atoms with Crippen LogP contribution in [0.15, 0.2) is 27.5 Å². The molecule has 2 rings (SSSR count). The molecule has 0 amide bonds. The van der Waals surface area contributed by atoms with Crippen molar-refractivity contribution in [2.75, 3.05) is 11.1 Å². The normalized spacial score (nSPS) is 16.4. The van der Waals surface area contributed by atoms with E-state index >= 15 is 0 Å². The minimum absolute atomic E-state index is 0.0788. The molecule has 1 N–H and O–H groups in total. The summed E-state index contributed by atoms with van der Waals surface area (Å²) in [6.45, 7) is 0. The van der Waals surface area contributed by atoms with E-state index in [2.05, 4.69) is 15.6 Å². The first-order valence-corrected chi connectivity index (χ1v) is 7.31. The van der Waals surface area contributed by atoms with Crippen LogP contribution >= 0.6 is 23.4 Å².